The predicted molar refractivity (Wildman–Crippen MR) is 279 cm³/mol. The molecule has 0 rings (SSSR count). The van der Waals surface area contributed by atoms with E-state index >= 15 is 0 Å². The zero-order valence-electron chi connectivity index (χ0n) is 42.3. The molecule has 0 aromatic rings. The molecular formula is C59H102O5. The summed E-state index contributed by atoms with van der Waals surface area (Å²) in [5.74, 6) is -0.476. The van der Waals surface area contributed by atoms with E-state index in [1.54, 1.807) is 0 Å². The van der Waals surface area contributed by atoms with Gasteiger partial charge in [-0.15, -0.1) is 0 Å². The van der Waals surface area contributed by atoms with Crippen molar-refractivity contribution in [2.75, 3.05) is 19.8 Å². The molecule has 0 saturated carbocycles. The Bertz CT molecular complexity index is 1190. The van der Waals surface area contributed by atoms with Gasteiger partial charge in [0.25, 0.3) is 0 Å². The van der Waals surface area contributed by atoms with Crippen molar-refractivity contribution in [3.8, 4) is 0 Å². The van der Waals surface area contributed by atoms with E-state index in [4.69, 9.17) is 14.2 Å². The summed E-state index contributed by atoms with van der Waals surface area (Å²) in [4.78, 5) is 25.4. The van der Waals surface area contributed by atoms with E-state index in [1.807, 2.05) is 0 Å². The topological polar surface area (TPSA) is 61.8 Å². The van der Waals surface area contributed by atoms with Crippen molar-refractivity contribution in [2.45, 2.75) is 258 Å². The monoisotopic (exact) mass is 891 g/mol. The van der Waals surface area contributed by atoms with Crippen LogP contribution in [0, 0.1) is 0 Å². The molecule has 368 valence electrons. The maximum Gasteiger partial charge on any atom is 0.306 e. The summed E-state index contributed by atoms with van der Waals surface area (Å²) < 4.78 is 17.4. The van der Waals surface area contributed by atoms with Crippen molar-refractivity contribution in [3.05, 3.63) is 85.1 Å². The normalized spacial score (nSPS) is 12.9. The number of esters is 2. The van der Waals surface area contributed by atoms with Crippen molar-refractivity contribution in [1.82, 2.24) is 0 Å². The maximum atomic E-state index is 12.8. The van der Waals surface area contributed by atoms with Crippen LogP contribution in [-0.2, 0) is 23.8 Å². The molecule has 0 amide bonds. The SMILES string of the molecule is CC/C=C\C/C=C\C/C=C\C/C=C\CCCCC(=O)OCC(COCCCCCCCCCCCCCCCCCCCCCC)OC(=O)CCCCC/C=C\C/C=C\C/C=C\CC. The lowest BCUT2D eigenvalue weighted by molar-refractivity contribution is -0.163. The van der Waals surface area contributed by atoms with Gasteiger partial charge < -0.3 is 14.2 Å². The Kier molecular flexibility index (Phi) is 51.9. The molecule has 0 saturated heterocycles. The molecule has 0 aliphatic carbocycles. The molecule has 1 unspecified atom stereocenters. The third kappa shape index (κ3) is 51.7. The van der Waals surface area contributed by atoms with E-state index < -0.39 is 6.10 Å². The van der Waals surface area contributed by atoms with Crippen LogP contribution >= 0.6 is 0 Å². The Hall–Kier alpha value is -2.92. The Morgan fingerprint density at radius 1 is 0.359 bits per heavy atom. The Morgan fingerprint density at radius 3 is 1.14 bits per heavy atom. The number of allylic oxidation sites excluding steroid dienone is 14. The molecule has 1 atom stereocenters. The highest BCUT2D eigenvalue weighted by molar-refractivity contribution is 5.70. The second-order valence-corrected chi connectivity index (χ2v) is 17.7. The largest absolute Gasteiger partial charge is 0.462 e. The van der Waals surface area contributed by atoms with Gasteiger partial charge in [-0.1, -0.05) is 234 Å². The van der Waals surface area contributed by atoms with E-state index in [0.29, 0.717) is 19.4 Å². The molecule has 0 N–H and O–H groups in total. The van der Waals surface area contributed by atoms with Gasteiger partial charge >= 0.3 is 11.9 Å². The van der Waals surface area contributed by atoms with Gasteiger partial charge in [-0.2, -0.15) is 0 Å². The highest BCUT2D eigenvalue weighted by Crippen LogP contribution is 2.15. The van der Waals surface area contributed by atoms with Crippen LogP contribution in [0.25, 0.3) is 0 Å². The van der Waals surface area contributed by atoms with Gasteiger partial charge in [0, 0.05) is 19.4 Å². The third-order valence-corrected chi connectivity index (χ3v) is 11.4. The number of hydrogen-bond acceptors (Lipinski definition) is 5. The molecule has 0 fully saturated rings. The number of rotatable bonds is 49. The van der Waals surface area contributed by atoms with Crippen molar-refractivity contribution < 1.29 is 23.8 Å². The summed E-state index contributed by atoms with van der Waals surface area (Å²) in [5.41, 5.74) is 0. The molecule has 0 bridgehead atoms. The molecule has 0 spiro atoms. The van der Waals surface area contributed by atoms with Crippen LogP contribution in [0.3, 0.4) is 0 Å². The lowest BCUT2D eigenvalue weighted by Crippen LogP contribution is -2.30. The molecular weight excluding hydrogens is 789 g/mol. The fraction of sp³-hybridized carbons (Fsp3) is 0.729. The van der Waals surface area contributed by atoms with Gasteiger partial charge in [-0.3, -0.25) is 9.59 Å². The lowest BCUT2D eigenvalue weighted by Gasteiger charge is -2.18. The Balaban J connectivity index is 4.30. The number of carbonyl (C=O) groups is 2. The third-order valence-electron chi connectivity index (χ3n) is 11.4. The second-order valence-electron chi connectivity index (χ2n) is 17.7. The van der Waals surface area contributed by atoms with Gasteiger partial charge in [0.1, 0.15) is 6.61 Å². The minimum absolute atomic E-state index is 0.0504. The van der Waals surface area contributed by atoms with Gasteiger partial charge in [-0.25, -0.2) is 0 Å². The molecule has 0 radical (unpaired) electrons. The minimum Gasteiger partial charge on any atom is -0.462 e. The predicted octanol–water partition coefficient (Wildman–Crippen LogP) is 18.5. The molecule has 0 heterocycles. The molecule has 0 aromatic heterocycles. The van der Waals surface area contributed by atoms with Crippen LogP contribution in [-0.4, -0.2) is 37.9 Å². The second kappa shape index (κ2) is 54.4. The van der Waals surface area contributed by atoms with Gasteiger partial charge in [0.05, 0.1) is 6.61 Å². The van der Waals surface area contributed by atoms with Crippen LogP contribution in [0.5, 0.6) is 0 Å². The van der Waals surface area contributed by atoms with E-state index in [1.165, 1.54) is 116 Å². The van der Waals surface area contributed by atoms with Crippen molar-refractivity contribution in [1.29, 1.82) is 0 Å². The van der Waals surface area contributed by atoms with Crippen LogP contribution in [0.4, 0.5) is 0 Å². The van der Waals surface area contributed by atoms with E-state index in [2.05, 4.69) is 106 Å². The Morgan fingerprint density at radius 2 is 0.703 bits per heavy atom. The van der Waals surface area contributed by atoms with Crippen molar-refractivity contribution >= 4 is 11.9 Å². The average Bonchev–Trinajstić information content (AvgIpc) is 3.30. The fourth-order valence-corrected chi connectivity index (χ4v) is 7.46. The lowest BCUT2D eigenvalue weighted by atomic mass is 10.0. The van der Waals surface area contributed by atoms with Crippen LogP contribution in [0.15, 0.2) is 85.1 Å². The molecule has 5 nitrogen and oxygen atoms in total. The first-order valence-electron chi connectivity index (χ1n) is 27.1. The first-order chi connectivity index (χ1) is 31.6. The summed E-state index contributed by atoms with van der Waals surface area (Å²) in [5, 5.41) is 0. The van der Waals surface area contributed by atoms with Gasteiger partial charge in [-0.05, 0) is 89.9 Å². The summed E-state index contributed by atoms with van der Waals surface area (Å²) in [7, 11) is 0. The number of hydrogen-bond donors (Lipinski definition) is 0. The molecule has 0 aromatic carbocycles. The molecule has 64 heavy (non-hydrogen) atoms. The summed E-state index contributed by atoms with van der Waals surface area (Å²) in [6.45, 7) is 7.55. The number of carbonyl (C=O) groups excluding carboxylic acids is 2. The first-order valence-corrected chi connectivity index (χ1v) is 27.1. The van der Waals surface area contributed by atoms with Crippen molar-refractivity contribution in [3.63, 3.8) is 0 Å². The number of unbranched alkanes of at least 4 members (excludes halogenated alkanes) is 24. The first kappa shape index (κ1) is 61.1. The quantitative estimate of drug-likeness (QED) is 0.0346. The highest BCUT2D eigenvalue weighted by Gasteiger charge is 2.17. The van der Waals surface area contributed by atoms with Crippen LogP contribution in [0.1, 0.15) is 252 Å². The fourth-order valence-electron chi connectivity index (χ4n) is 7.46. The average molecular weight is 891 g/mol. The standard InChI is InChI=1S/C59H102O5/c1-4-7-10-13-16-19-22-25-27-28-29-30-31-33-36-39-42-45-48-51-54-62-55-57(64-59(61)53-50-47-44-41-38-34-24-21-18-15-12-9-6-3)56-63-58(60)52-49-46-43-40-37-35-32-26-23-20-17-14-11-8-5-2/h8-9,11-12,17-18,20-21,26,32,34,37-38,40,57H,4-7,10,13-16,19,22-25,27-31,33,35-36,39,41-56H2,1-3H3/b11-8-,12-9-,20-17-,21-18-,32-26-,38-34-,40-37-. The summed E-state index contributed by atoms with van der Waals surface area (Å²) in [6, 6.07) is 0. The summed E-state index contributed by atoms with van der Waals surface area (Å²) in [6.07, 6.45) is 71.8. The molecule has 5 heteroatoms. The molecule has 0 aliphatic heterocycles. The van der Waals surface area contributed by atoms with Gasteiger partial charge in [0.2, 0.25) is 0 Å². The zero-order chi connectivity index (χ0) is 46.3. The number of ether oxygens (including phenoxy) is 3. The smallest absolute Gasteiger partial charge is 0.306 e. The summed E-state index contributed by atoms with van der Waals surface area (Å²) >= 11 is 0. The maximum absolute atomic E-state index is 12.8. The van der Waals surface area contributed by atoms with E-state index in [0.717, 1.165) is 103 Å². The van der Waals surface area contributed by atoms with Crippen LogP contribution in [0.2, 0.25) is 0 Å². The highest BCUT2D eigenvalue weighted by atomic mass is 16.6. The van der Waals surface area contributed by atoms with Crippen molar-refractivity contribution in [2.24, 2.45) is 0 Å². The van der Waals surface area contributed by atoms with Crippen LogP contribution < -0.4 is 0 Å². The van der Waals surface area contributed by atoms with E-state index in [-0.39, 0.29) is 25.2 Å². The Labute approximate surface area is 397 Å². The zero-order valence-corrected chi connectivity index (χ0v) is 42.3. The minimum atomic E-state index is -0.570. The molecule has 0 aliphatic rings. The van der Waals surface area contributed by atoms with Gasteiger partial charge in [0.15, 0.2) is 6.10 Å². The van der Waals surface area contributed by atoms with E-state index in [9.17, 15) is 9.59 Å².